The molecule has 0 spiro atoms. The number of hydrogen-bond donors (Lipinski definition) is 0. The minimum Gasteiger partial charge on any atom is -0.289 e. The van der Waals surface area contributed by atoms with Crippen LogP contribution in [0.25, 0.3) is 0 Å². The molecule has 0 amide bonds. The lowest BCUT2D eigenvalue weighted by atomic mass is 10.0. The van der Waals surface area contributed by atoms with Gasteiger partial charge in [-0.05, 0) is 42.7 Å². The van der Waals surface area contributed by atoms with Gasteiger partial charge in [0, 0.05) is 10.9 Å². The van der Waals surface area contributed by atoms with Crippen LogP contribution in [0.2, 0.25) is 0 Å². The number of rotatable bonds is 2. The van der Waals surface area contributed by atoms with E-state index >= 15 is 0 Å². The molecule has 1 aromatic heterocycles. The molecule has 0 saturated carbocycles. The third kappa shape index (κ3) is 2.13. The average molecular weight is 206 g/mol. The van der Waals surface area contributed by atoms with Gasteiger partial charge in [-0.1, -0.05) is 12.5 Å². The Balaban J connectivity index is 2.14. The molecular formula is C12H14OS. The summed E-state index contributed by atoms with van der Waals surface area (Å²) in [5.41, 5.74) is 1.89. The lowest BCUT2D eigenvalue weighted by molar-refractivity contribution is 0.103. The summed E-state index contributed by atoms with van der Waals surface area (Å²) in [6.07, 6.45) is 7.84. The molecule has 14 heavy (non-hydrogen) atoms. The van der Waals surface area contributed by atoms with Crippen molar-refractivity contribution in [3.05, 3.63) is 34.0 Å². The molecule has 1 nitrogen and oxygen atoms in total. The van der Waals surface area contributed by atoms with Gasteiger partial charge in [-0.2, -0.15) is 11.3 Å². The second-order valence-corrected chi connectivity index (χ2v) is 4.45. The second-order valence-electron chi connectivity index (χ2n) is 3.67. The summed E-state index contributed by atoms with van der Waals surface area (Å²) in [6, 6.07) is 1.92. The van der Waals surface area contributed by atoms with E-state index in [4.69, 9.17) is 0 Å². The molecule has 0 N–H and O–H groups in total. The largest absolute Gasteiger partial charge is 0.289 e. The molecule has 74 valence electrons. The molecule has 2 heteroatoms. The quantitative estimate of drug-likeness (QED) is 0.672. The lowest BCUT2D eigenvalue weighted by Crippen LogP contribution is -2.01. The molecule has 1 aliphatic rings. The highest BCUT2D eigenvalue weighted by atomic mass is 32.1. The molecule has 0 bridgehead atoms. The molecule has 0 unspecified atom stereocenters. The Labute approximate surface area is 88.5 Å². The highest BCUT2D eigenvalue weighted by molar-refractivity contribution is 7.08. The topological polar surface area (TPSA) is 17.1 Å². The van der Waals surface area contributed by atoms with Crippen LogP contribution >= 0.6 is 11.3 Å². The molecule has 0 radical (unpaired) electrons. The minimum atomic E-state index is 0.244. The molecule has 1 aromatic rings. The van der Waals surface area contributed by atoms with Crippen molar-refractivity contribution in [1.29, 1.82) is 0 Å². The molecule has 0 atom stereocenters. The molecule has 0 saturated heterocycles. The summed E-state index contributed by atoms with van der Waals surface area (Å²) in [4.78, 5) is 12.0. The van der Waals surface area contributed by atoms with E-state index in [1.807, 2.05) is 16.8 Å². The van der Waals surface area contributed by atoms with E-state index in [2.05, 4.69) is 6.08 Å². The van der Waals surface area contributed by atoms with Crippen LogP contribution in [0.4, 0.5) is 0 Å². The van der Waals surface area contributed by atoms with E-state index in [9.17, 15) is 4.79 Å². The average Bonchev–Trinajstić information content (AvgIpc) is 2.59. The number of Topliss-reactive ketones (excluding diaryl/α,β-unsaturated/α-hetero) is 1. The van der Waals surface area contributed by atoms with Gasteiger partial charge in [0.25, 0.3) is 0 Å². The highest BCUT2D eigenvalue weighted by Gasteiger charge is 2.13. The normalized spacial score (nSPS) is 17.3. The first-order valence-corrected chi connectivity index (χ1v) is 6.08. The van der Waals surface area contributed by atoms with Crippen LogP contribution in [0.3, 0.4) is 0 Å². The number of carbonyl (C=O) groups is 1. The Morgan fingerprint density at radius 1 is 1.29 bits per heavy atom. The molecular weight excluding hydrogens is 192 g/mol. The molecule has 1 heterocycles. The standard InChI is InChI=1S/C12H14OS/c13-12(11-7-8-14-9-11)10-5-3-1-2-4-6-10/h5,7-9H,1-4,6H2. The molecule has 1 aliphatic carbocycles. The zero-order valence-corrected chi connectivity index (χ0v) is 8.98. The van der Waals surface area contributed by atoms with Gasteiger partial charge in [0.2, 0.25) is 0 Å². The Kier molecular flexibility index (Phi) is 3.14. The van der Waals surface area contributed by atoms with Crippen molar-refractivity contribution in [3.8, 4) is 0 Å². The maximum atomic E-state index is 12.0. The van der Waals surface area contributed by atoms with Crippen molar-refractivity contribution >= 4 is 17.1 Å². The fourth-order valence-corrected chi connectivity index (χ4v) is 2.44. The van der Waals surface area contributed by atoms with Crippen LogP contribution in [-0.2, 0) is 0 Å². The predicted molar refractivity (Wildman–Crippen MR) is 59.8 cm³/mol. The first kappa shape index (κ1) is 9.66. The summed E-state index contributed by atoms with van der Waals surface area (Å²) in [5, 5.41) is 3.90. The molecule has 0 aliphatic heterocycles. The van der Waals surface area contributed by atoms with E-state index in [0.717, 1.165) is 24.0 Å². The zero-order chi connectivity index (χ0) is 9.80. The van der Waals surface area contributed by atoms with E-state index < -0.39 is 0 Å². The first-order chi connectivity index (χ1) is 6.88. The third-order valence-electron chi connectivity index (χ3n) is 2.62. The first-order valence-electron chi connectivity index (χ1n) is 5.14. The van der Waals surface area contributed by atoms with Crippen molar-refractivity contribution in [2.75, 3.05) is 0 Å². The fraction of sp³-hybridized carbons (Fsp3) is 0.417. The van der Waals surface area contributed by atoms with Crippen LogP contribution in [-0.4, -0.2) is 5.78 Å². The molecule has 0 fully saturated rings. The van der Waals surface area contributed by atoms with Crippen LogP contribution in [0.5, 0.6) is 0 Å². The van der Waals surface area contributed by atoms with Crippen LogP contribution < -0.4 is 0 Å². The monoisotopic (exact) mass is 206 g/mol. The summed E-state index contributed by atoms with van der Waals surface area (Å²) in [7, 11) is 0. The van der Waals surface area contributed by atoms with Crippen molar-refractivity contribution < 1.29 is 4.79 Å². The number of hydrogen-bond acceptors (Lipinski definition) is 2. The second kappa shape index (κ2) is 4.56. The van der Waals surface area contributed by atoms with E-state index in [1.54, 1.807) is 11.3 Å². The number of thiophene rings is 1. The van der Waals surface area contributed by atoms with E-state index in [1.165, 1.54) is 19.3 Å². The van der Waals surface area contributed by atoms with Crippen LogP contribution in [0.1, 0.15) is 42.5 Å². The Hall–Kier alpha value is -0.890. The molecule has 0 aromatic carbocycles. The predicted octanol–water partition coefficient (Wildman–Crippen LogP) is 3.82. The van der Waals surface area contributed by atoms with Crippen molar-refractivity contribution in [3.63, 3.8) is 0 Å². The summed E-state index contributed by atoms with van der Waals surface area (Å²) < 4.78 is 0. The van der Waals surface area contributed by atoms with Gasteiger partial charge in [-0.15, -0.1) is 0 Å². The maximum absolute atomic E-state index is 12.0. The smallest absolute Gasteiger partial charge is 0.189 e. The van der Waals surface area contributed by atoms with Crippen molar-refractivity contribution in [2.24, 2.45) is 0 Å². The third-order valence-corrected chi connectivity index (χ3v) is 3.30. The van der Waals surface area contributed by atoms with Crippen molar-refractivity contribution in [1.82, 2.24) is 0 Å². The van der Waals surface area contributed by atoms with Crippen LogP contribution in [0, 0.1) is 0 Å². The number of carbonyl (C=O) groups excluding carboxylic acids is 1. The van der Waals surface area contributed by atoms with Gasteiger partial charge in [0.15, 0.2) is 5.78 Å². The van der Waals surface area contributed by atoms with Gasteiger partial charge in [0.05, 0.1) is 0 Å². The van der Waals surface area contributed by atoms with Crippen LogP contribution in [0.15, 0.2) is 28.5 Å². The number of ketones is 1. The maximum Gasteiger partial charge on any atom is 0.189 e. The van der Waals surface area contributed by atoms with Gasteiger partial charge in [-0.25, -0.2) is 0 Å². The van der Waals surface area contributed by atoms with Gasteiger partial charge in [-0.3, -0.25) is 4.79 Å². The van der Waals surface area contributed by atoms with Gasteiger partial charge in [0.1, 0.15) is 0 Å². The highest BCUT2D eigenvalue weighted by Crippen LogP contribution is 2.21. The van der Waals surface area contributed by atoms with E-state index in [0.29, 0.717) is 0 Å². The Morgan fingerprint density at radius 3 is 3.00 bits per heavy atom. The Morgan fingerprint density at radius 2 is 2.21 bits per heavy atom. The summed E-state index contributed by atoms with van der Waals surface area (Å²) in [6.45, 7) is 0. The van der Waals surface area contributed by atoms with Crippen molar-refractivity contribution in [2.45, 2.75) is 32.1 Å². The summed E-state index contributed by atoms with van der Waals surface area (Å²) >= 11 is 1.59. The zero-order valence-electron chi connectivity index (χ0n) is 8.16. The molecule has 2 rings (SSSR count). The fourth-order valence-electron chi connectivity index (χ4n) is 1.80. The minimum absolute atomic E-state index is 0.244. The van der Waals surface area contributed by atoms with Gasteiger partial charge < -0.3 is 0 Å². The SMILES string of the molecule is O=C(C1=CCCCCC1)c1ccsc1. The Bertz CT molecular complexity index is 335. The summed E-state index contributed by atoms with van der Waals surface area (Å²) in [5.74, 6) is 0.244. The number of allylic oxidation sites excluding steroid dienone is 2. The lowest BCUT2D eigenvalue weighted by Gasteiger charge is -2.01. The van der Waals surface area contributed by atoms with Gasteiger partial charge >= 0.3 is 0 Å². The van der Waals surface area contributed by atoms with E-state index in [-0.39, 0.29) is 5.78 Å².